The van der Waals surface area contributed by atoms with Crippen molar-refractivity contribution < 1.29 is 4.79 Å². The number of carbonyl (C=O) groups is 1. The highest BCUT2D eigenvalue weighted by atomic mass is 79.9. The molecule has 0 radical (unpaired) electrons. The summed E-state index contributed by atoms with van der Waals surface area (Å²) in [6, 6.07) is 15.9. The number of carbonyl (C=O) groups excluding carboxylic acids is 1. The van der Waals surface area contributed by atoms with Gasteiger partial charge in [-0.3, -0.25) is 4.79 Å². The van der Waals surface area contributed by atoms with Gasteiger partial charge in [-0.2, -0.15) is 0 Å². The summed E-state index contributed by atoms with van der Waals surface area (Å²) in [7, 11) is 0. The van der Waals surface area contributed by atoms with Crippen LogP contribution >= 0.6 is 15.9 Å². The smallest absolute Gasteiger partial charge is 0.235 e. The minimum Gasteiger partial charge on any atom is -0.325 e. The van der Waals surface area contributed by atoms with Gasteiger partial charge in [0.2, 0.25) is 5.91 Å². The van der Waals surface area contributed by atoms with Crippen molar-refractivity contribution in [2.45, 2.75) is 25.2 Å². The molecule has 0 bridgehead atoms. The lowest BCUT2D eigenvalue weighted by molar-refractivity contribution is -0.118. The molecular weight excluding hydrogens is 314 g/mol. The molecule has 3 rings (SSSR count). The maximum Gasteiger partial charge on any atom is 0.235 e. The summed E-state index contributed by atoms with van der Waals surface area (Å²) < 4.78 is 1.06. The van der Waals surface area contributed by atoms with E-state index < -0.39 is 0 Å². The van der Waals surface area contributed by atoms with Crippen LogP contribution in [0.25, 0.3) is 0 Å². The van der Waals surface area contributed by atoms with Gasteiger partial charge in [0.25, 0.3) is 0 Å². The Hall–Kier alpha value is -1.61. The molecule has 1 fully saturated rings. The third-order valence-corrected chi connectivity index (χ3v) is 4.82. The molecule has 0 atom stereocenters. The number of benzene rings is 2. The van der Waals surface area contributed by atoms with E-state index in [0.717, 1.165) is 34.1 Å². The van der Waals surface area contributed by atoms with Crippen LogP contribution in [-0.4, -0.2) is 5.91 Å². The quantitative estimate of drug-likeness (QED) is 0.886. The Balaban J connectivity index is 1.81. The van der Waals surface area contributed by atoms with Crippen molar-refractivity contribution in [3.05, 3.63) is 64.1 Å². The number of rotatable bonds is 3. The van der Waals surface area contributed by atoms with E-state index in [1.54, 1.807) is 0 Å². The number of hydrogen-bond acceptors (Lipinski definition) is 1. The molecule has 0 spiro atoms. The Bertz CT molecular complexity index is 647. The van der Waals surface area contributed by atoms with Crippen molar-refractivity contribution in [2.75, 3.05) is 5.32 Å². The molecule has 0 unspecified atom stereocenters. The summed E-state index contributed by atoms with van der Waals surface area (Å²) in [4.78, 5) is 12.6. The molecule has 2 aromatic carbocycles. The van der Waals surface area contributed by atoms with Crippen molar-refractivity contribution in [2.24, 2.45) is 0 Å². The zero-order chi connectivity index (χ0) is 14.2. The van der Waals surface area contributed by atoms with Gasteiger partial charge in [-0.15, -0.1) is 0 Å². The number of nitrogens with one attached hydrogen (secondary N) is 1. The van der Waals surface area contributed by atoms with Crippen LogP contribution in [-0.2, 0) is 10.2 Å². The molecule has 20 heavy (non-hydrogen) atoms. The van der Waals surface area contributed by atoms with Crippen LogP contribution < -0.4 is 5.32 Å². The van der Waals surface area contributed by atoms with Gasteiger partial charge in [-0.25, -0.2) is 0 Å². The van der Waals surface area contributed by atoms with E-state index in [-0.39, 0.29) is 11.3 Å². The van der Waals surface area contributed by atoms with Crippen molar-refractivity contribution in [1.29, 1.82) is 0 Å². The van der Waals surface area contributed by atoms with Gasteiger partial charge in [0.05, 0.1) is 5.41 Å². The standard InChI is InChI=1S/C17H16BrNO/c1-12-11-14(7-8-15(12)18)19-16(20)17(9-10-17)13-5-3-2-4-6-13/h2-8,11H,9-10H2,1H3,(H,19,20). The zero-order valence-corrected chi connectivity index (χ0v) is 12.9. The van der Waals surface area contributed by atoms with Gasteiger partial charge in [-0.05, 0) is 49.1 Å². The fraction of sp³-hybridized carbons (Fsp3) is 0.235. The summed E-state index contributed by atoms with van der Waals surface area (Å²) in [5.41, 5.74) is 2.78. The van der Waals surface area contributed by atoms with E-state index in [0.29, 0.717) is 0 Å². The highest BCUT2D eigenvalue weighted by Crippen LogP contribution is 2.48. The molecular formula is C17H16BrNO. The molecule has 1 aliphatic rings. The molecule has 1 amide bonds. The molecule has 0 heterocycles. The zero-order valence-electron chi connectivity index (χ0n) is 11.3. The van der Waals surface area contributed by atoms with Crippen LogP contribution in [0.4, 0.5) is 5.69 Å². The highest BCUT2D eigenvalue weighted by molar-refractivity contribution is 9.10. The number of amides is 1. The Kier molecular flexibility index (Phi) is 3.38. The highest BCUT2D eigenvalue weighted by Gasteiger charge is 2.51. The third-order valence-electron chi connectivity index (χ3n) is 3.93. The van der Waals surface area contributed by atoms with E-state index in [9.17, 15) is 4.79 Å². The Morgan fingerprint density at radius 1 is 1.15 bits per heavy atom. The van der Waals surface area contributed by atoms with Gasteiger partial charge >= 0.3 is 0 Å². The molecule has 2 nitrogen and oxygen atoms in total. The fourth-order valence-electron chi connectivity index (χ4n) is 2.50. The average molecular weight is 330 g/mol. The van der Waals surface area contributed by atoms with Crippen LogP contribution in [0.1, 0.15) is 24.0 Å². The minimum absolute atomic E-state index is 0.102. The molecule has 0 aliphatic heterocycles. The largest absolute Gasteiger partial charge is 0.325 e. The van der Waals surface area contributed by atoms with Crippen molar-refractivity contribution in [3.63, 3.8) is 0 Å². The van der Waals surface area contributed by atoms with E-state index >= 15 is 0 Å². The summed E-state index contributed by atoms with van der Waals surface area (Å²) in [6.07, 6.45) is 1.86. The summed E-state index contributed by atoms with van der Waals surface area (Å²) in [5.74, 6) is 0.102. The second-order valence-corrected chi connectivity index (χ2v) is 6.22. The SMILES string of the molecule is Cc1cc(NC(=O)C2(c3ccccc3)CC2)ccc1Br. The summed E-state index contributed by atoms with van der Waals surface area (Å²) in [5, 5.41) is 3.05. The predicted molar refractivity (Wildman–Crippen MR) is 84.9 cm³/mol. The Labute approximate surface area is 127 Å². The monoisotopic (exact) mass is 329 g/mol. The number of hydrogen-bond donors (Lipinski definition) is 1. The van der Waals surface area contributed by atoms with Gasteiger partial charge in [0.15, 0.2) is 0 Å². The number of aryl methyl sites for hydroxylation is 1. The van der Waals surface area contributed by atoms with E-state index in [2.05, 4.69) is 21.2 Å². The molecule has 1 saturated carbocycles. The summed E-state index contributed by atoms with van der Waals surface area (Å²) >= 11 is 3.47. The third kappa shape index (κ3) is 2.38. The molecule has 0 saturated heterocycles. The maximum absolute atomic E-state index is 12.6. The van der Waals surface area contributed by atoms with Crippen molar-refractivity contribution in [3.8, 4) is 0 Å². The Morgan fingerprint density at radius 3 is 2.45 bits per heavy atom. The van der Waals surface area contributed by atoms with Gasteiger partial charge in [-0.1, -0.05) is 46.3 Å². The molecule has 3 heteroatoms. The molecule has 0 aromatic heterocycles. The van der Waals surface area contributed by atoms with Crippen LogP contribution in [0.15, 0.2) is 53.0 Å². The first-order valence-corrected chi connectivity index (χ1v) is 7.54. The normalized spacial score (nSPS) is 15.7. The first kappa shape index (κ1) is 13.4. The van der Waals surface area contributed by atoms with Crippen molar-refractivity contribution in [1.82, 2.24) is 0 Å². The first-order chi connectivity index (χ1) is 9.62. The topological polar surface area (TPSA) is 29.1 Å². The maximum atomic E-state index is 12.6. The minimum atomic E-state index is -0.317. The number of anilines is 1. The second kappa shape index (κ2) is 5.06. The fourth-order valence-corrected chi connectivity index (χ4v) is 2.75. The van der Waals surface area contributed by atoms with Crippen LogP contribution in [0.2, 0.25) is 0 Å². The van der Waals surface area contributed by atoms with Crippen LogP contribution in [0.5, 0.6) is 0 Å². The van der Waals surface area contributed by atoms with Gasteiger partial charge in [0, 0.05) is 10.2 Å². The van der Waals surface area contributed by atoms with Crippen LogP contribution in [0.3, 0.4) is 0 Å². The van der Waals surface area contributed by atoms with Gasteiger partial charge in [0.1, 0.15) is 0 Å². The molecule has 1 aliphatic carbocycles. The first-order valence-electron chi connectivity index (χ1n) is 6.75. The molecule has 1 N–H and O–H groups in total. The average Bonchev–Trinajstić information content (AvgIpc) is 3.26. The lowest BCUT2D eigenvalue weighted by Gasteiger charge is -2.16. The van der Waals surface area contributed by atoms with Gasteiger partial charge < -0.3 is 5.32 Å². The Morgan fingerprint density at radius 2 is 1.85 bits per heavy atom. The summed E-state index contributed by atoms with van der Waals surface area (Å²) in [6.45, 7) is 2.02. The van der Waals surface area contributed by atoms with E-state index in [4.69, 9.17) is 0 Å². The second-order valence-electron chi connectivity index (χ2n) is 5.37. The number of halogens is 1. The predicted octanol–water partition coefficient (Wildman–Crippen LogP) is 4.43. The lowest BCUT2D eigenvalue weighted by atomic mass is 9.95. The molecule has 2 aromatic rings. The van der Waals surface area contributed by atoms with E-state index in [1.807, 2.05) is 55.5 Å². The molecule has 102 valence electrons. The lowest BCUT2D eigenvalue weighted by Crippen LogP contribution is -2.27. The van der Waals surface area contributed by atoms with Crippen LogP contribution in [0, 0.1) is 6.92 Å². The van der Waals surface area contributed by atoms with E-state index in [1.165, 1.54) is 0 Å². The van der Waals surface area contributed by atoms with Crippen molar-refractivity contribution >= 4 is 27.5 Å².